The summed E-state index contributed by atoms with van der Waals surface area (Å²) in [5, 5.41) is 0. The molecule has 1 aliphatic carbocycles. The fourth-order valence-corrected chi connectivity index (χ4v) is 2.07. The van der Waals surface area contributed by atoms with Crippen molar-refractivity contribution < 1.29 is 4.74 Å². The molecule has 1 heterocycles. The van der Waals surface area contributed by atoms with E-state index in [0.717, 1.165) is 23.7 Å². The number of aromatic amines is 1. The van der Waals surface area contributed by atoms with Crippen LogP contribution in [0.15, 0.2) is 0 Å². The first-order valence-corrected chi connectivity index (χ1v) is 6.23. The Bertz CT molecular complexity index is 437. The van der Waals surface area contributed by atoms with Gasteiger partial charge in [-0.1, -0.05) is 12.2 Å². The molecule has 0 spiro atoms. The maximum Gasteiger partial charge on any atom is 0.137 e. The highest BCUT2D eigenvalue weighted by molar-refractivity contribution is 7.71. The molecule has 1 aromatic rings. The second-order valence-electron chi connectivity index (χ2n) is 4.39. The Morgan fingerprint density at radius 1 is 1.50 bits per heavy atom. The van der Waals surface area contributed by atoms with Gasteiger partial charge in [0.2, 0.25) is 0 Å². The fourth-order valence-electron chi connectivity index (χ4n) is 1.82. The summed E-state index contributed by atoms with van der Waals surface area (Å²) in [7, 11) is 0. The van der Waals surface area contributed by atoms with E-state index in [4.69, 9.17) is 17.0 Å². The van der Waals surface area contributed by atoms with Crippen LogP contribution in [0.25, 0.3) is 0 Å². The predicted molar refractivity (Wildman–Crippen MR) is 66.0 cm³/mol. The largest absolute Gasteiger partial charge is 0.370 e. The minimum absolute atomic E-state index is 0.103. The van der Waals surface area contributed by atoms with Gasteiger partial charge in [-0.2, -0.15) is 0 Å². The third-order valence-corrected chi connectivity index (χ3v) is 3.48. The molecule has 1 fully saturated rings. The highest BCUT2D eigenvalue weighted by atomic mass is 32.1. The van der Waals surface area contributed by atoms with E-state index in [2.05, 4.69) is 9.97 Å². The molecule has 1 unspecified atom stereocenters. The summed E-state index contributed by atoms with van der Waals surface area (Å²) in [6.45, 7) is 6.77. The molecule has 3 nitrogen and oxygen atoms in total. The molecule has 0 aliphatic heterocycles. The molecule has 88 valence electrons. The predicted octanol–water partition coefficient (Wildman–Crippen LogP) is 3.24. The third-order valence-electron chi connectivity index (χ3n) is 3.09. The Hall–Kier alpha value is -0.740. The van der Waals surface area contributed by atoms with Crippen molar-refractivity contribution in [2.75, 3.05) is 6.61 Å². The van der Waals surface area contributed by atoms with Crippen LogP contribution in [-0.2, 0) is 4.74 Å². The van der Waals surface area contributed by atoms with Gasteiger partial charge in [-0.15, -0.1) is 0 Å². The molecule has 0 radical (unpaired) electrons. The lowest BCUT2D eigenvalue weighted by Crippen LogP contribution is -2.12. The summed E-state index contributed by atoms with van der Waals surface area (Å²) in [5.74, 6) is 1.53. The Kier molecular flexibility index (Phi) is 3.40. The maximum absolute atomic E-state index is 5.76. The van der Waals surface area contributed by atoms with Crippen molar-refractivity contribution >= 4 is 12.2 Å². The monoisotopic (exact) mass is 238 g/mol. The molecule has 1 aliphatic rings. The van der Waals surface area contributed by atoms with Gasteiger partial charge < -0.3 is 9.72 Å². The van der Waals surface area contributed by atoms with Crippen LogP contribution in [0.3, 0.4) is 0 Å². The summed E-state index contributed by atoms with van der Waals surface area (Å²) in [4.78, 5) is 7.77. The number of H-pyrrole nitrogens is 1. The maximum atomic E-state index is 5.76. The van der Waals surface area contributed by atoms with Crippen LogP contribution in [0, 0.1) is 24.4 Å². The molecule has 1 N–H and O–H groups in total. The molecular formula is C12H18N2OS. The highest BCUT2D eigenvalue weighted by Crippen LogP contribution is 2.42. The van der Waals surface area contributed by atoms with Crippen LogP contribution < -0.4 is 0 Å². The SMILES string of the molecule is CCOC(c1nc(=S)c(C)c(C)[nH]1)C1CC1. The van der Waals surface area contributed by atoms with E-state index < -0.39 is 0 Å². The van der Waals surface area contributed by atoms with Crippen molar-refractivity contribution in [2.45, 2.75) is 39.7 Å². The summed E-state index contributed by atoms with van der Waals surface area (Å²) >= 11 is 5.25. The average molecular weight is 238 g/mol. The second-order valence-corrected chi connectivity index (χ2v) is 4.78. The van der Waals surface area contributed by atoms with E-state index in [9.17, 15) is 0 Å². The highest BCUT2D eigenvalue weighted by Gasteiger charge is 2.34. The summed E-state index contributed by atoms with van der Waals surface area (Å²) in [6.07, 6.45) is 2.57. The Morgan fingerprint density at radius 3 is 2.69 bits per heavy atom. The van der Waals surface area contributed by atoms with E-state index in [1.54, 1.807) is 0 Å². The smallest absolute Gasteiger partial charge is 0.137 e. The summed E-state index contributed by atoms with van der Waals surface area (Å²) < 4.78 is 6.45. The minimum Gasteiger partial charge on any atom is -0.370 e. The molecule has 2 rings (SSSR count). The number of aryl methyl sites for hydroxylation is 1. The molecule has 0 saturated heterocycles. The van der Waals surface area contributed by atoms with Gasteiger partial charge in [0, 0.05) is 17.9 Å². The topological polar surface area (TPSA) is 37.9 Å². The van der Waals surface area contributed by atoms with Gasteiger partial charge in [0.1, 0.15) is 16.6 Å². The van der Waals surface area contributed by atoms with Crippen LogP contribution in [0.1, 0.15) is 43.0 Å². The average Bonchev–Trinajstić information content (AvgIpc) is 3.05. The van der Waals surface area contributed by atoms with Crippen LogP contribution in [0.2, 0.25) is 0 Å². The number of aromatic nitrogens is 2. The molecular weight excluding hydrogens is 220 g/mol. The summed E-state index contributed by atoms with van der Waals surface area (Å²) in [6, 6.07) is 0. The lowest BCUT2D eigenvalue weighted by Gasteiger charge is -2.16. The van der Waals surface area contributed by atoms with Gasteiger partial charge in [-0.05, 0) is 39.5 Å². The van der Waals surface area contributed by atoms with Gasteiger partial charge in [-0.3, -0.25) is 0 Å². The second kappa shape index (κ2) is 4.63. The van der Waals surface area contributed by atoms with Gasteiger partial charge in [0.15, 0.2) is 0 Å². The van der Waals surface area contributed by atoms with Crippen molar-refractivity contribution in [2.24, 2.45) is 5.92 Å². The zero-order valence-electron chi connectivity index (χ0n) is 10.0. The zero-order valence-corrected chi connectivity index (χ0v) is 10.9. The van der Waals surface area contributed by atoms with Gasteiger partial charge in [-0.25, -0.2) is 4.98 Å². The van der Waals surface area contributed by atoms with Gasteiger partial charge in [0.05, 0.1) is 0 Å². The number of hydrogen-bond donors (Lipinski definition) is 1. The summed E-state index contributed by atoms with van der Waals surface area (Å²) in [5.41, 5.74) is 2.16. The molecule has 1 saturated carbocycles. The number of nitrogens with zero attached hydrogens (tertiary/aromatic N) is 1. The van der Waals surface area contributed by atoms with Gasteiger partial charge in [0.25, 0.3) is 0 Å². The lowest BCUT2D eigenvalue weighted by atomic mass is 10.2. The zero-order chi connectivity index (χ0) is 11.7. The standard InChI is InChI=1S/C12H18N2OS/c1-4-15-10(9-5-6-9)11-13-8(3)7(2)12(16)14-11/h9-10H,4-6H2,1-3H3,(H,13,14,16). The van der Waals surface area contributed by atoms with E-state index >= 15 is 0 Å². The van der Waals surface area contributed by atoms with Crippen LogP contribution in [-0.4, -0.2) is 16.6 Å². The number of rotatable bonds is 4. The van der Waals surface area contributed by atoms with Crippen molar-refractivity contribution in [3.05, 3.63) is 21.7 Å². The van der Waals surface area contributed by atoms with E-state index in [-0.39, 0.29) is 6.10 Å². The molecule has 1 aromatic heterocycles. The van der Waals surface area contributed by atoms with Crippen LogP contribution >= 0.6 is 12.2 Å². The quantitative estimate of drug-likeness (QED) is 0.818. The Morgan fingerprint density at radius 2 is 2.19 bits per heavy atom. The van der Waals surface area contributed by atoms with Crippen molar-refractivity contribution in [1.29, 1.82) is 0 Å². The number of nitrogens with one attached hydrogen (secondary N) is 1. The van der Waals surface area contributed by atoms with E-state index in [0.29, 0.717) is 10.6 Å². The fraction of sp³-hybridized carbons (Fsp3) is 0.667. The molecule has 0 aromatic carbocycles. The molecule has 0 bridgehead atoms. The van der Waals surface area contributed by atoms with Crippen molar-refractivity contribution in [3.63, 3.8) is 0 Å². The van der Waals surface area contributed by atoms with Crippen molar-refractivity contribution in [3.8, 4) is 0 Å². The molecule has 4 heteroatoms. The minimum atomic E-state index is 0.103. The van der Waals surface area contributed by atoms with Crippen LogP contribution in [0.4, 0.5) is 0 Å². The van der Waals surface area contributed by atoms with Crippen LogP contribution in [0.5, 0.6) is 0 Å². The molecule has 0 amide bonds. The Balaban J connectivity index is 2.34. The number of ether oxygens (including phenoxy) is 1. The third kappa shape index (κ3) is 2.33. The normalized spacial score (nSPS) is 17.4. The lowest BCUT2D eigenvalue weighted by molar-refractivity contribution is 0.0398. The van der Waals surface area contributed by atoms with E-state index in [1.807, 2.05) is 20.8 Å². The van der Waals surface area contributed by atoms with Crippen molar-refractivity contribution in [1.82, 2.24) is 9.97 Å². The van der Waals surface area contributed by atoms with Gasteiger partial charge >= 0.3 is 0 Å². The first kappa shape index (κ1) is 11.7. The first-order valence-electron chi connectivity index (χ1n) is 5.82. The first-order chi connectivity index (χ1) is 7.63. The molecule has 1 atom stereocenters. The molecule has 16 heavy (non-hydrogen) atoms. The number of hydrogen-bond acceptors (Lipinski definition) is 3. The van der Waals surface area contributed by atoms with E-state index in [1.165, 1.54) is 12.8 Å². The Labute approximate surface area is 101 Å².